The van der Waals surface area contributed by atoms with Gasteiger partial charge in [0, 0.05) is 18.0 Å². The van der Waals surface area contributed by atoms with Gasteiger partial charge in [0.15, 0.2) is 0 Å². The van der Waals surface area contributed by atoms with Crippen molar-refractivity contribution in [1.82, 2.24) is 9.97 Å². The molecule has 0 saturated heterocycles. The van der Waals surface area contributed by atoms with Crippen molar-refractivity contribution in [3.63, 3.8) is 0 Å². The molecule has 1 unspecified atom stereocenters. The highest BCUT2D eigenvalue weighted by Gasteiger charge is 2.04. The lowest BCUT2D eigenvalue weighted by Crippen LogP contribution is -1.97. The van der Waals surface area contributed by atoms with Crippen LogP contribution in [0.2, 0.25) is 0 Å². The molecule has 1 aromatic heterocycles. The van der Waals surface area contributed by atoms with E-state index in [9.17, 15) is 5.11 Å². The second kappa shape index (κ2) is 4.03. The molecule has 1 atom stereocenters. The summed E-state index contributed by atoms with van der Waals surface area (Å²) >= 11 is 0. The molecule has 0 aliphatic carbocycles. The molecule has 0 spiro atoms. The van der Waals surface area contributed by atoms with Gasteiger partial charge in [-0.2, -0.15) is 0 Å². The number of hydrogen-bond donors (Lipinski definition) is 1. The van der Waals surface area contributed by atoms with Gasteiger partial charge in [-0.3, -0.25) is 0 Å². The second-order valence-electron chi connectivity index (χ2n) is 2.48. The van der Waals surface area contributed by atoms with E-state index in [-0.39, 0.29) is 0 Å². The van der Waals surface area contributed by atoms with Crippen LogP contribution in [0, 0.1) is 0 Å². The Hall–Kier alpha value is -0.960. The number of rotatable bonds is 3. The maximum absolute atomic E-state index is 9.44. The average Bonchev–Trinajstić information content (AvgIpc) is 2.07. The molecule has 1 rings (SSSR count). The molecule has 3 heteroatoms. The molecule has 1 aromatic rings. The van der Waals surface area contributed by atoms with Crippen LogP contribution in [0.1, 0.15) is 31.4 Å². The van der Waals surface area contributed by atoms with E-state index in [2.05, 4.69) is 9.97 Å². The predicted molar refractivity (Wildman–Crippen MR) is 41.9 cm³/mol. The first-order valence-electron chi connectivity index (χ1n) is 3.77. The smallest absolute Gasteiger partial charge is 0.115 e. The quantitative estimate of drug-likeness (QED) is 0.710. The second-order valence-corrected chi connectivity index (χ2v) is 2.48. The summed E-state index contributed by atoms with van der Waals surface area (Å²) in [5.41, 5.74) is 0.800. The Bertz CT molecular complexity index is 201. The molecule has 0 aliphatic rings. The first-order chi connectivity index (χ1) is 5.34. The van der Waals surface area contributed by atoms with E-state index >= 15 is 0 Å². The molecule has 0 saturated carbocycles. The Morgan fingerprint density at radius 2 is 2.09 bits per heavy atom. The van der Waals surface area contributed by atoms with Crippen LogP contribution in [0.3, 0.4) is 0 Å². The lowest BCUT2D eigenvalue weighted by atomic mass is 10.1. The van der Waals surface area contributed by atoms with Crippen LogP contribution < -0.4 is 0 Å². The summed E-state index contributed by atoms with van der Waals surface area (Å²) in [6, 6.07) is 0. The standard InChI is InChI=1S/C8H12N2O/c1-2-3-8(11)7-4-9-6-10-5-7/h4-6,8,11H,2-3H2,1H3. The lowest BCUT2D eigenvalue weighted by molar-refractivity contribution is 0.165. The molecule has 0 fully saturated rings. The molecule has 0 aromatic carbocycles. The highest BCUT2D eigenvalue weighted by Crippen LogP contribution is 2.14. The Morgan fingerprint density at radius 3 is 2.64 bits per heavy atom. The van der Waals surface area contributed by atoms with Gasteiger partial charge < -0.3 is 5.11 Å². The normalized spacial score (nSPS) is 12.9. The van der Waals surface area contributed by atoms with Crippen molar-refractivity contribution in [2.24, 2.45) is 0 Å². The van der Waals surface area contributed by atoms with Crippen LogP contribution in [0.15, 0.2) is 18.7 Å². The van der Waals surface area contributed by atoms with Crippen LogP contribution in [0.25, 0.3) is 0 Å². The fourth-order valence-electron chi connectivity index (χ4n) is 0.923. The molecule has 0 bridgehead atoms. The minimum absolute atomic E-state index is 0.402. The predicted octanol–water partition coefficient (Wildman–Crippen LogP) is 1.31. The maximum atomic E-state index is 9.44. The fraction of sp³-hybridized carbons (Fsp3) is 0.500. The summed E-state index contributed by atoms with van der Waals surface area (Å²) in [5.74, 6) is 0. The minimum atomic E-state index is -0.402. The van der Waals surface area contributed by atoms with E-state index in [4.69, 9.17) is 0 Å². The van der Waals surface area contributed by atoms with Crippen molar-refractivity contribution in [3.8, 4) is 0 Å². The molecule has 0 aliphatic heterocycles. The average molecular weight is 152 g/mol. The molecule has 0 amide bonds. The molecule has 3 nitrogen and oxygen atoms in total. The monoisotopic (exact) mass is 152 g/mol. The van der Waals surface area contributed by atoms with Crippen molar-refractivity contribution in [2.75, 3.05) is 0 Å². The van der Waals surface area contributed by atoms with Gasteiger partial charge in [0.2, 0.25) is 0 Å². The van der Waals surface area contributed by atoms with E-state index < -0.39 is 6.10 Å². The number of hydrogen-bond acceptors (Lipinski definition) is 3. The van der Waals surface area contributed by atoms with Crippen LogP contribution in [0.4, 0.5) is 0 Å². The van der Waals surface area contributed by atoms with Crippen molar-refractivity contribution in [1.29, 1.82) is 0 Å². The summed E-state index contributed by atoms with van der Waals surface area (Å²) in [6.07, 6.45) is 6.09. The summed E-state index contributed by atoms with van der Waals surface area (Å²) in [6.45, 7) is 2.03. The number of aliphatic hydroxyl groups is 1. The highest BCUT2D eigenvalue weighted by atomic mass is 16.3. The largest absolute Gasteiger partial charge is 0.388 e. The molecular formula is C8H12N2O. The Balaban J connectivity index is 2.61. The first-order valence-corrected chi connectivity index (χ1v) is 3.77. The third-order valence-corrected chi connectivity index (χ3v) is 1.53. The Labute approximate surface area is 66.1 Å². The lowest BCUT2D eigenvalue weighted by Gasteiger charge is -2.06. The van der Waals surface area contributed by atoms with E-state index in [1.807, 2.05) is 6.92 Å². The van der Waals surface area contributed by atoms with Gasteiger partial charge in [-0.25, -0.2) is 9.97 Å². The number of aliphatic hydroxyl groups excluding tert-OH is 1. The van der Waals surface area contributed by atoms with Crippen molar-refractivity contribution in [2.45, 2.75) is 25.9 Å². The fourth-order valence-corrected chi connectivity index (χ4v) is 0.923. The van der Waals surface area contributed by atoms with Gasteiger partial charge in [-0.15, -0.1) is 0 Å². The van der Waals surface area contributed by atoms with E-state index in [1.54, 1.807) is 12.4 Å². The molecular weight excluding hydrogens is 140 g/mol. The van der Waals surface area contributed by atoms with E-state index in [0.717, 1.165) is 18.4 Å². The van der Waals surface area contributed by atoms with Crippen LogP contribution >= 0.6 is 0 Å². The first kappa shape index (κ1) is 8.14. The van der Waals surface area contributed by atoms with Gasteiger partial charge in [0.05, 0.1) is 6.10 Å². The molecule has 0 radical (unpaired) electrons. The van der Waals surface area contributed by atoms with Crippen LogP contribution in [0.5, 0.6) is 0 Å². The topological polar surface area (TPSA) is 46.0 Å². The van der Waals surface area contributed by atoms with Gasteiger partial charge in [0.25, 0.3) is 0 Å². The summed E-state index contributed by atoms with van der Waals surface area (Å²) in [4.78, 5) is 7.63. The van der Waals surface area contributed by atoms with Crippen LogP contribution in [-0.2, 0) is 0 Å². The molecule has 11 heavy (non-hydrogen) atoms. The zero-order valence-corrected chi connectivity index (χ0v) is 6.57. The summed E-state index contributed by atoms with van der Waals surface area (Å²) in [7, 11) is 0. The van der Waals surface area contributed by atoms with Crippen molar-refractivity contribution >= 4 is 0 Å². The van der Waals surface area contributed by atoms with Gasteiger partial charge in [-0.1, -0.05) is 13.3 Å². The van der Waals surface area contributed by atoms with Gasteiger partial charge in [0.1, 0.15) is 6.33 Å². The third-order valence-electron chi connectivity index (χ3n) is 1.53. The van der Waals surface area contributed by atoms with E-state index in [0.29, 0.717) is 0 Å². The van der Waals surface area contributed by atoms with Crippen molar-refractivity contribution in [3.05, 3.63) is 24.3 Å². The van der Waals surface area contributed by atoms with Crippen molar-refractivity contribution < 1.29 is 5.11 Å². The maximum Gasteiger partial charge on any atom is 0.115 e. The SMILES string of the molecule is CCCC(O)c1cncnc1. The number of aromatic nitrogens is 2. The zero-order valence-electron chi connectivity index (χ0n) is 6.57. The third kappa shape index (κ3) is 2.27. The summed E-state index contributed by atoms with van der Waals surface area (Å²) in [5, 5.41) is 9.44. The minimum Gasteiger partial charge on any atom is -0.388 e. The highest BCUT2D eigenvalue weighted by molar-refractivity contribution is 5.05. The molecule has 1 N–H and O–H groups in total. The molecule has 60 valence electrons. The summed E-state index contributed by atoms with van der Waals surface area (Å²) < 4.78 is 0. The van der Waals surface area contributed by atoms with Gasteiger partial charge in [-0.05, 0) is 6.42 Å². The van der Waals surface area contributed by atoms with Crippen LogP contribution in [-0.4, -0.2) is 15.1 Å². The number of nitrogens with zero attached hydrogens (tertiary/aromatic N) is 2. The Kier molecular flexibility index (Phi) is 2.98. The van der Waals surface area contributed by atoms with Gasteiger partial charge >= 0.3 is 0 Å². The molecule has 1 heterocycles. The van der Waals surface area contributed by atoms with E-state index in [1.165, 1.54) is 6.33 Å². The Morgan fingerprint density at radius 1 is 1.45 bits per heavy atom. The zero-order chi connectivity index (χ0) is 8.10.